The number of nitrogens with zero attached hydrogens (tertiary/aromatic N) is 1. The van der Waals surface area contributed by atoms with E-state index in [0.29, 0.717) is 12.3 Å². The molecule has 1 N–H and O–H groups in total. The Balaban J connectivity index is 2.01. The van der Waals surface area contributed by atoms with E-state index < -0.39 is 11.6 Å². The second kappa shape index (κ2) is 2.72. The van der Waals surface area contributed by atoms with E-state index in [-0.39, 0.29) is 0 Å². The zero-order valence-electron chi connectivity index (χ0n) is 7.62. The van der Waals surface area contributed by atoms with Gasteiger partial charge in [0.2, 0.25) is 5.60 Å². The molecule has 2 aliphatic rings. The molecular formula is C9H13NO3. The maximum Gasteiger partial charge on any atom is 0.351 e. The third-order valence-electron chi connectivity index (χ3n) is 2.91. The third-order valence-corrected chi connectivity index (χ3v) is 2.91. The summed E-state index contributed by atoms with van der Waals surface area (Å²) >= 11 is 0. The van der Waals surface area contributed by atoms with Crippen LogP contribution in [0.15, 0.2) is 5.16 Å². The monoisotopic (exact) mass is 183 g/mol. The van der Waals surface area contributed by atoms with Crippen LogP contribution in [0.3, 0.4) is 0 Å². The van der Waals surface area contributed by atoms with Crippen LogP contribution in [0, 0.1) is 5.92 Å². The number of carbonyl (C=O) groups is 1. The van der Waals surface area contributed by atoms with Gasteiger partial charge in [0.25, 0.3) is 0 Å². The Morgan fingerprint density at radius 1 is 1.69 bits per heavy atom. The van der Waals surface area contributed by atoms with Crippen molar-refractivity contribution in [2.24, 2.45) is 11.1 Å². The lowest BCUT2D eigenvalue weighted by Gasteiger charge is -2.24. The molecule has 0 bridgehead atoms. The number of hydrogen-bond acceptors (Lipinski definition) is 3. The molecule has 1 unspecified atom stereocenters. The fourth-order valence-corrected chi connectivity index (χ4v) is 1.64. The van der Waals surface area contributed by atoms with Gasteiger partial charge in [-0.1, -0.05) is 11.6 Å². The quantitative estimate of drug-likeness (QED) is 0.704. The highest BCUT2D eigenvalue weighted by molar-refractivity contribution is 5.94. The summed E-state index contributed by atoms with van der Waals surface area (Å²) in [5, 5.41) is 12.7. The van der Waals surface area contributed by atoms with Crippen molar-refractivity contribution in [3.8, 4) is 0 Å². The molecule has 1 fully saturated rings. The molecule has 0 aromatic rings. The van der Waals surface area contributed by atoms with E-state index in [0.717, 1.165) is 18.6 Å². The van der Waals surface area contributed by atoms with Crippen LogP contribution in [0.1, 0.15) is 32.6 Å². The van der Waals surface area contributed by atoms with Gasteiger partial charge >= 0.3 is 5.97 Å². The molecule has 0 saturated heterocycles. The first-order chi connectivity index (χ1) is 6.12. The van der Waals surface area contributed by atoms with Crippen molar-refractivity contribution in [3.63, 3.8) is 0 Å². The number of carboxylic acid groups (broad SMARTS) is 1. The van der Waals surface area contributed by atoms with Gasteiger partial charge in [-0.25, -0.2) is 4.79 Å². The highest BCUT2D eigenvalue weighted by Crippen LogP contribution is 2.35. The van der Waals surface area contributed by atoms with Crippen molar-refractivity contribution in [2.75, 3.05) is 0 Å². The summed E-state index contributed by atoms with van der Waals surface area (Å²) in [6.07, 6.45) is 3.95. The van der Waals surface area contributed by atoms with E-state index in [1.165, 1.54) is 6.42 Å². The zero-order valence-corrected chi connectivity index (χ0v) is 7.62. The highest BCUT2D eigenvalue weighted by atomic mass is 16.7. The van der Waals surface area contributed by atoms with Gasteiger partial charge in [-0.15, -0.1) is 0 Å². The first-order valence-corrected chi connectivity index (χ1v) is 4.60. The topological polar surface area (TPSA) is 58.9 Å². The first-order valence-electron chi connectivity index (χ1n) is 4.60. The largest absolute Gasteiger partial charge is 0.478 e. The van der Waals surface area contributed by atoms with Gasteiger partial charge in [-0.2, -0.15) is 0 Å². The zero-order chi connectivity index (χ0) is 9.47. The number of hydrogen-bond donors (Lipinski definition) is 1. The summed E-state index contributed by atoms with van der Waals surface area (Å²) in [7, 11) is 0. The molecule has 0 aromatic carbocycles. The Morgan fingerprint density at radius 2 is 2.38 bits per heavy atom. The predicted octanol–water partition coefficient (Wildman–Crippen LogP) is 1.41. The van der Waals surface area contributed by atoms with Crippen LogP contribution >= 0.6 is 0 Å². The molecule has 1 aliphatic heterocycles. The molecule has 72 valence electrons. The van der Waals surface area contributed by atoms with Gasteiger partial charge in [0, 0.05) is 12.3 Å². The van der Waals surface area contributed by atoms with Crippen molar-refractivity contribution < 1.29 is 14.7 Å². The molecule has 0 radical (unpaired) electrons. The highest BCUT2D eigenvalue weighted by Gasteiger charge is 2.44. The fourth-order valence-electron chi connectivity index (χ4n) is 1.64. The molecule has 1 aliphatic carbocycles. The van der Waals surface area contributed by atoms with Gasteiger partial charge < -0.3 is 9.94 Å². The molecule has 4 heteroatoms. The Bertz CT molecular complexity index is 270. The van der Waals surface area contributed by atoms with E-state index in [2.05, 4.69) is 5.16 Å². The van der Waals surface area contributed by atoms with Gasteiger partial charge in [0.1, 0.15) is 0 Å². The normalized spacial score (nSPS) is 33.5. The van der Waals surface area contributed by atoms with Gasteiger partial charge in [0.05, 0.1) is 5.71 Å². The second-order valence-corrected chi connectivity index (χ2v) is 4.01. The van der Waals surface area contributed by atoms with Crippen molar-refractivity contribution in [1.29, 1.82) is 0 Å². The Morgan fingerprint density at radius 3 is 2.77 bits per heavy atom. The van der Waals surface area contributed by atoms with Crippen molar-refractivity contribution in [2.45, 2.75) is 38.2 Å². The van der Waals surface area contributed by atoms with E-state index in [1.54, 1.807) is 6.92 Å². The Labute approximate surface area is 76.6 Å². The summed E-state index contributed by atoms with van der Waals surface area (Å²) in [6, 6.07) is 0. The minimum atomic E-state index is -1.11. The molecule has 1 heterocycles. The average molecular weight is 183 g/mol. The SMILES string of the molecule is CC1(C(=O)O)CC(C2CCC2)=NO1. The maximum absolute atomic E-state index is 10.8. The van der Waals surface area contributed by atoms with Gasteiger partial charge in [0.15, 0.2) is 0 Å². The van der Waals surface area contributed by atoms with Crippen LogP contribution in [0.25, 0.3) is 0 Å². The number of oxime groups is 1. The smallest absolute Gasteiger partial charge is 0.351 e. The minimum absolute atomic E-state index is 0.451. The Kier molecular flexibility index (Phi) is 1.78. The maximum atomic E-state index is 10.8. The van der Waals surface area contributed by atoms with Gasteiger partial charge in [-0.3, -0.25) is 0 Å². The molecule has 4 nitrogen and oxygen atoms in total. The number of rotatable bonds is 2. The van der Waals surface area contributed by atoms with Crippen molar-refractivity contribution in [1.82, 2.24) is 0 Å². The van der Waals surface area contributed by atoms with Crippen molar-refractivity contribution in [3.05, 3.63) is 0 Å². The summed E-state index contributed by atoms with van der Waals surface area (Å²) in [5.74, 6) is -0.438. The van der Waals surface area contributed by atoms with Crippen LogP contribution in [0.2, 0.25) is 0 Å². The fraction of sp³-hybridized carbons (Fsp3) is 0.778. The summed E-state index contributed by atoms with van der Waals surface area (Å²) in [4.78, 5) is 15.8. The lowest BCUT2D eigenvalue weighted by Crippen LogP contribution is -2.36. The molecule has 0 amide bonds. The van der Waals surface area contributed by atoms with Gasteiger partial charge in [-0.05, 0) is 19.8 Å². The lowest BCUT2D eigenvalue weighted by atomic mass is 9.79. The van der Waals surface area contributed by atoms with Crippen LogP contribution in [0.4, 0.5) is 0 Å². The van der Waals surface area contributed by atoms with E-state index >= 15 is 0 Å². The molecule has 0 spiro atoms. The van der Waals surface area contributed by atoms with Crippen LogP contribution in [-0.2, 0) is 9.63 Å². The van der Waals surface area contributed by atoms with E-state index in [9.17, 15) is 4.79 Å². The third kappa shape index (κ3) is 1.30. The first kappa shape index (κ1) is 8.53. The molecular weight excluding hydrogens is 170 g/mol. The minimum Gasteiger partial charge on any atom is -0.478 e. The van der Waals surface area contributed by atoms with Crippen molar-refractivity contribution >= 4 is 11.7 Å². The molecule has 1 saturated carbocycles. The molecule has 13 heavy (non-hydrogen) atoms. The molecule has 0 aromatic heterocycles. The predicted molar refractivity (Wildman–Crippen MR) is 46.5 cm³/mol. The summed E-state index contributed by atoms with van der Waals surface area (Å²) in [6.45, 7) is 1.57. The second-order valence-electron chi connectivity index (χ2n) is 4.01. The number of carboxylic acids is 1. The Hall–Kier alpha value is -1.06. The lowest BCUT2D eigenvalue weighted by molar-refractivity contribution is -0.160. The standard InChI is InChI=1S/C9H13NO3/c1-9(8(11)12)5-7(10-13-9)6-3-2-4-6/h6H,2-5H2,1H3,(H,11,12). The molecule has 2 rings (SSSR count). The van der Waals surface area contributed by atoms with E-state index in [4.69, 9.17) is 9.94 Å². The number of aliphatic carboxylic acids is 1. The van der Waals surface area contributed by atoms with Crippen LogP contribution in [0.5, 0.6) is 0 Å². The summed E-state index contributed by atoms with van der Waals surface area (Å²) in [5.41, 5.74) is -0.165. The van der Waals surface area contributed by atoms with E-state index in [1.807, 2.05) is 0 Å². The van der Waals surface area contributed by atoms with Crippen LogP contribution < -0.4 is 0 Å². The average Bonchev–Trinajstić information content (AvgIpc) is 2.30. The molecule has 1 atom stereocenters. The summed E-state index contributed by atoms with van der Waals surface area (Å²) < 4.78 is 0. The van der Waals surface area contributed by atoms with Crippen LogP contribution in [-0.4, -0.2) is 22.4 Å².